The quantitative estimate of drug-likeness (QED) is 0.718. The average Bonchev–Trinajstić information content (AvgIpc) is 2.14. The van der Waals surface area contributed by atoms with E-state index in [4.69, 9.17) is 0 Å². The molecular weight excluding hydrogens is 170 g/mol. The summed E-state index contributed by atoms with van der Waals surface area (Å²) >= 11 is 0. The monoisotopic (exact) mass is 191 g/mol. The first-order chi connectivity index (χ1) is 6.65. The third-order valence-corrected chi connectivity index (χ3v) is 2.46. The van der Waals surface area contributed by atoms with Gasteiger partial charge in [0.05, 0.1) is 0 Å². The Labute approximate surface area is 87.6 Å². The summed E-state index contributed by atoms with van der Waals surface area (Å²) in [5, 5.41) is 3.50. The van der Waals surface area contributed by atoms with Crippen molar-refractivity contribution in [3.63, 3.8) is 0 Å². The van der Waals surface area contributed by atoms with E-state index in [1.54, 1.807) is 0 Å². The van der Waals surface area contributed by atoms with Crippen LogP contribution >= 0.6 is 0 Å². The molecule has 1 nitrogen and oxygen atoms in total. The Bertz CT molecular complexity index is 269. The van der Waals surface area contributed by atoms with Crippen molar-refractivity contribution in [3.05, 3.63) is 35.6 Å². The van der Waals surface area contributed by atoms with Crippen LogP contribution in [0, 0.1) is 5.92 Å². The molecule has 78 valence electrons. The first-order valence-corrected chi connectivity index (χ1v) is 5.48. The highest BCUT2D eigenvalue weighted by Gasteiger charge is 2.12. The molecule has 1 heteroatoms. The van der Waals surface area contributed by atoms with Gasteiger partial charge in [-0.25, -0.2) is 0 Å². The van der Waals surface area contributed by atoms with Gasteiger partial charge in [0.2, 0.25) is 0 Å². The van der Waals surface area contributed by atoms with Crippen LogP contribution in [0.25, 0.3) is 0 Å². The van der Waals surface area contributed by atoms with Gasteiger partial charge in [-0.2, -0.15) is 0 Å². The summed E-state index contributed by atoms with van der Waals surface area (Å²) in [7, 11) is 0. The minimum absolute atomic E-state index is 0.596. The first-order valence-electron chi connectivity index (χ1n) is 5.48. The van der Waals surface area contributed by atoms with E-state index in [0.717, 1.165) is 13.0 Å². The molecule has 1 N–H and O–H groups in total. The van der Waals surface area contributed by atoms with Crippen LogP contribution in [0.5, 0.6) is 0 Å². The molecule has 14 heavy (non-hydrogen) atoms. The molecule has 0 aromatic rings. The number of allylic oxidation sites excluding steroid dienone is 4. The van der Waals surface area contributed by atoms with Gasteiger partial charge in [0, 0.05) is 18.7 Å². The van der Waals surface area contributed by atoms with Gasteiger partial charge in [-0.15, -0.1) is 0 Å². The zero-order valence-corrected chi connectivity index (χ0v) is 9.56. The molecule has 0 saturated heterocycles. The van der Waals surface area contributed by atoms with Crippen LogP contribution in [0.3, 0.4) is 0 Å². The zero-order valence-electron chi connectivity index (χ0n) is 9.56. The second-order valence-electron chi connectivity index (χ2n) is 4.18. The summed E-state index contributed by atoms with van der Waals surface area (Å²) in [6, 6.07) is 0. The summed E-state index contributed by atoms with van der Waals surface area (Å²) in [5.41, 5.74) is 4.01. The standard InChI is InChI=1S/C13H21N/c1-5-8-14-13-9-11(4)6-7-12(13)10(2)3/h6-7,10,14H,4-5,8-9H2,1-3H3. The smallest absolute Gasteiger partial charge is 0.0186 e. The Morgan fingerprint density at radius 3 is 2.71 bits per heavy atom. The molecule has 0 saturated carbocycles. The molecule has 0 aliphatic heterocycles. The minimum Gasteiger partial charge on any atom is -0.388 e. The Morgan fingerprint density at radius 2 is 2.14 bits per heavy atom. The maximum atomic E-state index is 4.01. The molecule has 0 amide bonds. The molecule has 0 aromatic carbocycles. The summed E-state index contributed by atoms with van der Waals surface area (Å²) in [6.45, 7) is 11.7. The summed E-state index contributed by atoms with van der Waals surface area (Å²) in [4.78, 5) is 0. The van der Waals surface area contributed by atoms with Crippen molar-refractivity contribution in [3.8, 4) is 0 Å². The van der Waals surface area contributed by atoms with Crippen molar-refractivity contribution in [2.45, 2.75) is 33.6 Å². The lowest BCUT2D eigenvalue weighted by molar-refractivity contribution is 0.695. The Kier molecular flexibility index (Phi) is 3.99. The summed E-state index contributed by atoms with van der Waals surface area (Å²) in [5.74, 6) is 0.596. The molecular formula is C13H21N. The molecule has 0 fully saturated rings. The topological polar surface area (TPSA) is 12.0 Å². The molecule has 1 aliphatic rings. The van der Waals surface area contributed by atoms with Gasteiger partial charge >= 0.3 is 0 Å². The first kappa shape index (κ1) is 11.1. The minimum atomic E-state index is 0.596. The van der Waals surface area contributed by atoms with Crippen molar-refractivity contribution in [2.75, 3.05) is 6.54 Å². The van der Waals surface area contributed by atoms with Gasteiger partial charge in [-0.1, -0.05) is 39.5 Å². The third kappa shape index (κ3) is 2.76. The number of rotatable bonds is 4. The van der Waals surface area contributed by atoms with Crippen molar-refractivity contribution in [1.82, 2.24) is 5.32 Å². The van der Waals surface area contributed by atoms with Gasteiger partial charge in [-0.3, -0.25) is 0 Å². The van der Waals surface area contributed by atoms with Gasteiger partial charge in [0.25, 0.3) is 0 Å². The van der Waals surface area contributed by atoms with E-state index in [1.165, 1.54) is 23.3 Å². The van der Waals surface area contributed by atoms with E-state index in [2.05, 4.69) is 44.8 Å². The molecule has 0 spiro atoms. The van der Waals surface area contributed by atoms with Gasteiger partial charge in [0.1, 0.15) is 0 Å². The Hall–Kier alpha value is -0.980. The van der Waals surface area contributed by atoms with E-state index in [0.29, 0.717) is 5.92 Å². The molecule has 0 unspecified atom stereocenters. The normalized spacial score (nSPS) is 16.7. The van der Waals surface area contributed by atoms with Crippen LogP contribution in [0.15, 0.2) is 35.6 Å². The third-order valence-electron chi connectivity index (χ3n) is 2.46. The van der Waals surface area contributed by atoms with Gasteiger partial charge in [0.15, 0.2) is 0 Å². The Balaban J connectivity index is 2.78. The highest BCUT2D eigenvalue weighted by atomic mass is 14.9. The highest BCUT2D eigenvalue weighted by molar-refractivity contribution is 5.39. The largest absolute Gasteiger partial charge is 0.388 e. The number of nitrogens with one attached hydrogen (secondary N) is 1. The van der Waals surface area contributed by atoms with E-state index in [-0.39, 0.29) is 0 Å². The van der Waals surface area contributed by atoms with Crippen LogP contribution < -0.4 is 5.32 Å². The second-order valence-corrected chi connectivity index (χ2v) is 4.18. The molecule has 0 aromatic heterocycles. The molecule has 1 aliphatic carbocycles. The fraction of sp³-hybridized carbons (Fsp3) is 0.538. The van der Waals surface area contributed by atoms with Crippen molar-refractivity contribution >= 4 is 0 Å². The summed E-state index contributed by atoms with van der Waals surface area (Å²) in [6.07, 6.45) is 6.50. The maximum absolute atomic E-state index is 4.01. The lowest BCUT2D eigenvalue weighted by Crippen LogP contribution is -2.19. The van der Waals surface area contributed by atoms with Crippen LogP contribution in [-0.2, 0) is 0 Å². The SMILES string of the molecule is C=C1C=CC(C(C)C)=C(NCCC)C1. The lowest BCUT2D eigenvalue weighted by Gasteiger charge is -2.21. The van der Waals surface area contributed by atoms with E-state index in [1.807, 2.05) is 0 Å². The molecule has 0 radical (unpaired) electrons. The number of hydrogen-bond donors (Lipinski definition) is 1. The van der Waals surface area contributed by atoms with Crippen molar-refractivity contribution in [1.29, 1.82) is 0 Å². The Morgan fingerprint density at radius 1 is 1.43 bits per heavy atom. The molecule has 0 atom stereocenters. The lowest BCUT2D eigenvalue weighted by atomic mass is 9.92. The van der Waals surface area contributed by atoms with E-state index in [9.17, 15) is 0 Å². The number of hydrogen-bond acceptors (Lipinski definition) is 1. The fourth-order valence-corrected chi connectivity index (χ4v) is 1.68. The van der Waals surface area contributed by atoms with Crippen LogP contribution in [0.4, 0.5) is 0 Å². The summed E-state index contributed by atoms with van der Waals surface area (Å²) < 4.78 is 0. The zero-order chi connectivity index (χ0) is 10.6. The molecule has 0 bridgehead atoms. The van der Waals surface area contributed by atoms with Gasteiger partial charge in [-0.05, 0) is 23.5 Å². The predicted molar refractivity (Wildman–Crippen MR) is 63.1 cm³/mol. The van der Waals surface area contributed by atoms with Gasteiger partial charge < -0.3 is 5.32 Å². The fourth-order valence-electron chi connectivity index (χ4n) is 1.68. The van der Waals surface area contributed by atoms with Crippen LogP contribution in [-0.4, -0.2) is 6.54 Å². The van der Waals surface area contributed by atoms with Crippen LogP contribution in [0.2, 0.25) is 0 Å². The predicted octanol–water partition coefficient (Wildman–Crippen LogP) is 3.41. The molecule has 1 rings (SSSR count). The van der Waals surface area contributed by atoms with E-state index >= 15 is 0 Å². The van der Waals surface area contributed by atoms with Crippen LogP contribution in [0.1, 0.15) is 33.6 Å². The average molecular weight is 191 g/mol. The highest BCUT2D eigenvalue weighted by Crippen LogP contribution is 2.25. The molecule has 0 heterocycles. The van der Waals surface area contributed by atoms with Crippen molar-refractivity contribution < 1.29 is 0 Å². The van der Waals surface area contributed by atoms with Crippen molar-refractivity contribution in [2.24, 2.45) is 5.92 Å². The second kappa shape index (κ2) is 5.04. The van der Waals surface area contributed by atoms with E-state index < -0.39 is 0 Å². The maximum Gasteiger partial charge on any atom is 0.0186 e.